The van der Waals surface area contributed by atoms with E-state index in [1.807, 2.05) is 31.2 Å². The highest BCUT2D eigenvalue weighted by Gasteiger charge is 2.40. The van der Waals surface area contributed by atoms with Gasteiger partial charge in [-0.2, -0.15) is 0 Å². The second-order valence-corrected chi connectivity index (χ2v) is 7.61. The van der Waals surface area contributed by atoms with Gasteiger partial charge in [-0.3, -0.25) is 9.59 Å². The monoisotopic (exact) mass is 389 g/mol. The number of ketones is 1. The maximum atomic E-state index is 13.2. The van der Waals surface area contributed by atoms with E-state index in [0.717, 1.165) is 36.9 Å². The Morgan fingerprint density at radius 3 is 2.39 bits per heavy atom. The molecule has 2 N–H and O–H groups in total. The number of carbonyl (C=O) groups is 3. The van der Waals surface area contributed by atoms with Crippen LogP contribution in [-0.2, 0) is 25.5 Å². The normalized spacial score (nSPS) is 16.8. The summed E-state index contributed by atoms with van der Waals surface area (Å²) in [6, 6.07) is 6.42. The number of carboxylic acids is 1. The number of Topliss-reactive ketones (excluding diaryl/α,β-unsaturated/α-hetero) is 1. The first-order valence-electron chi connectivity index (χ1n) is 10.2. The zero-order chi connectivity index (χ0) is 20.6. The van der Waals surface area contributed by atoms with Gasteiger partial charge in [-0.05, 0) is 43.2 Å². The number of carboxylic acid groups (broad SMARTS) is 1. The molecule has 1 saturated carbocycles. The molecule has 2 rings (SSSR count). The largest absolute Gasteiger partial charge is 0.481 e. The van der Waals surface area contributed by atoms with Gasteiger partial charge < -0.3 is 15.2 Å². The van der Waals surface area contributed by atoms with Gasteiger partial charge in [0.15, 0.2) is 11.8 Å². The number of esters is 1. The number of rotatable bonds is 10. The number of para-hydroxylation sites is 1. The zero-order valence-electron chi connectivity index (χ0n) is 16.8. The Balaban J connectivity index is 2.25. The average Bonchev–Trinajstić information content (AvgIpc) is 2.66. The Labute approximate surface area is 166 Å². The van der Waals surface area contributed by atoms with E-state index in [0.29, 0.717) is 12.8 Å². The highest BCUT2D eigenvalue weighted by Crippen LogP contribution is 2.43. The molecule has 0 saturated heterocycles. The molecule has 0 aromatic heterocycles. The van der Waals surface area contributed by atoms with Crippen molar-refractivity contribution in [3.8, 4) is 0 Å². The molecule has 1 aromatic carbocycles. The number of ether oxygens (including phenoxy) is 1. The lowest BCUT2D eigenvalue weighted by Gasteiger charge is -2.36. The van der Waals surface area contributed by atoms with Gasteiger partial charge in [-0.25, -0.2) is 4.79 Å². The summed E-state index contributed by atoms with van der Waals surface area (Å²) in [7, 11) is 0. The van der Waals surface area contributed by atoms with Gasteiger partial charge >= 0.3 is 11.9 Å². The van der Waals surface area contributed by atoms with E-state index >= 15 is 0 Å². The molecule has 0 amide bonds. The van der Waals surface area contributed by atoms with Crippen molar-refractivity contribution in [2.24, 2.45) is 5.41 Å². The zero-order valence-corrected chi connectivity index (χ0v) is 16.8. The van der Waals surface area contributed by atoms with Crippen LogP contribution in [-0.4, -0.2) is 35.5 Å². The number of anilines is 1. The predicted octanol–water partition coefficient (Wildman–Crippen LogP) is 3.98. The second-order valence-electron chi connectivity index (χ2n) is 7.61. The molecule has 0 radical (unpaired) electrons. The number of aliphatic carboxylic acids is 1. The Morgan fingerprint density at radius 2 is 1.79 bits per heavy atom. The Kier molecular flexibility index (Phi) is 8.03. The first-order chi connectivity index (χ1) is 13.4. The van der Waals surface area contributed by atoms with Crippen LogP contribution in [0.3, 0.4) is 0 Å². The summed E-state index contributed by atoms with van der Waals surface area (Å²) >= 11 is 0. The van der Waals surface area contributed by atoms with Gasteiger partial charge in [0.1, 0.15) is 0 Å². The third kappa shape index (κ3) is 5.81. The van der Waals surface area contributed by atoms with Crippen LogP contribution in [0, 0.1) is 5.41 Å². The summed E-state index contributed by atoms with van der Waals surface area (Å²) in [5, 5.41) is 12.4. The Hall–Kier alpha value is -2.37. The highest BCUT2D eigenvalue weighted by atomic mass is 16.5. The number of hydrogen-bond donors (Lipinski definition) is 2. The third-order valence-electron chi connectivity index (χ3n) is 5.53. The van der Waals surface area contributed by atoms with Crippen LogP contribution in [0.4, 0.5) is 5.69 Å². The Morgan fingerprint density at radius 1 is 1.11 bits per heavy atom. The van der Waals surface area contributed by atoms with Crippen LogP contribution in [0.2, 0.25) is 0 Å². The van der Waals surface area contributed by atoms with Crippen molar-refractivity contribution in [2.75, 3.05) is 11.9 Å². The molecule has 0 aliphatic heterocycles. The summed E-state index contributed by atoms with van der Waals surface area (Å²) in [6.07, 6.45) is 5.07. The third-order valence-corrected chi connectivity index (χ3v) is 5.53. The van der Waals surface area contributed by atoms with Gasteiger partial charge in [0.2, 0.25) is 0 Å². The fourth-order valence-corrected chi connectivity index (χ4v) is 4.13. The average molecular weight is 389 g/mol. The van der Waals surface area contributed by atoms with Crippen molar-refractivity contribution in [1.29, 1.82) is 0 Å². The fourth-order valence-electron chi connectivity index (χ4n) is 4.13. The van der Waals surface area contributed by atoms with Crippen LogP contribution in [0.5, 0.6) is 0 Å². The quantitative estimate of drug-likeness (QED) is 0.464. The van der Waals surface area contributed by atoms with Crippen LogP contribution >= 0.6 is 0 Å². The van der Waals surface area contributed by atoms with Crippen molar-refractivity contribution in [2.45, 2.75) is 71.3 Å². The van der Waals surface area contributed by atoms with E-state index in [1.165, 1.54) is 0 Å². The van der Waals surface area contributed by atoms with Gasteiger partial charge in [-0.1, -0.05) is 44.4 Å². The van der Waals surface area contributed by atoms with E-state index in [4.69, 9.17) is 4.74 Å². The van der Waals surface area contributed by atoms with E-state index in [2.05, 4.69) is 5.32 Å². The van der Waals surface area contributed by atoms with E-state index in [1.54, 1.807) is 6.92 Å². The maximum absolute atomic E-state index is 13.2. The molecule has 1 aliphatic carbocycles. The van der Waals surface area contributed by atoms with E-state index < -0.39 is 23.4 Å². The molecule has 6 nitrogen and oxygen atoms in total. The topological polar surface area (TPSA) is 92.7 Å². The molecule has 0 bridgehead atoms. The Bertz CT molecular complexity index is 694. The molecular weight excluding hydrogens is 358 g/mol. The molecule has 0 heterocycles. The molecule has 6 heteroatoms. The van der Waals surface area contributed by atoms with Gasteiger partial charge in [0.05, 0.1) is 13.0 Å². The van der Waals surface area contributed by atoms with Crippen molar-refractivity contribution in [3.05, 3.63) is 29.8 Å². The SMILES string of the molecule is CCOC(=O)C(Nc1ccccc1CC)C(=O)CC1(CC(=O)O)CCCCC1. The molecule has 1 aromatic rings. The lowest BCUT2D eigenvalue weighted by Crippen LogP contribution is -2.42. The first-order valence-corrected chi connectivity index (χ1v) is 10.2. The van der Waals surface area contributed by atoms with Crippen molar-refractivity contribution in [1.82, 2.24) is 0 Å². The standard InChI is InChI=1S/C22H31NO5/c1-3-16-10-6-7-11-17(16)23-20(21(27)28-4-2)18(24)14-22(15-19(25)26)12-8-5-9-13-22/h6-7,10-11,20,23H,3-5,8-9,12-15H2,1-2H3,(H,25,26). The lowest BCUT2D eigenvalue weighted by atomic mass is 9.68. The minimum Gasteiger partial charge on any atom is -0.481 e. The molecule has 28 heavy (non-hydrogen) atoms. The van der Waals surface area contributed by atoms with Crippen LogP contribution in [0.15, 0.2) is 24.3 Å². The number of hydrogen-bond acceptors (Lipinski definition) is 5. The summed E-state index contributed by atoms with van der Waals surface area (Å²) in [5.41, 5.74) is 1.16. The van der Waals surface area contributed by atoms with Crippen LogP contribution in [0.1, 0.15) is 64.4 Å². The molecule has 1 unspecified atom stereocenters. The van der Waals surface area contributed by atoms with Crippen molar-refractivity contribution >= 4 is 23.4 Å². The van der Waals surface area contributed by atoms with E-state index in [-0.39, 0.29) is 25.2 Å². The smallest absolute Gasteiger partial charge is 0.336 e. The summed E-state index contributed by atoms with van der Waals surface area (Å²) in [4.78, 5) is 37.1. The highest BCUT2D eigenvalue weighted by molar-refractivity contribution is 6.06. The lowest BCUT2D eigenvalue weighted by molar-refractivity contribution is -0.147. The van der Waals surface area contributed by atoms with Gasteiger partial charge in [-0.15, -0.1) is 0 Å². The second kappa shape index (κ2) is 10.2. The summed E-state index contributed by atoms with van der Waals surface area (Å²) in [6.45, 7) is 3.89. The minimum absolute atomic E-state index is 0.0418. The predicted molar refractivity (Wildman–Crippen MR) is 107 cm³/mol. The molecule has 1 aliphatic rings. The van der Waals surface area contributed by atoms with Crippen molar-refractivity contribution in [3.63, 3.8) is 0 Å². The molecule has 1 atom stereocenters. The summed E-state index contributed by atoms with van der Waals surface area (Å²) < 4.78 is 5.14. The molecular formula is C22H31NO5. The van der Waals surface area contributed by atoms with Crippen LogP contribution in [0.25, 0.3) is 0 Å². The number of nitrogens with one attached hydrogen (secondary N) is 1. The summed E-state index contributed by atoms with van der Waals surface area (Å²) in [5.74, 6) is -1.81. The maximum Gasteiger partial charge on any atom is 0.336 e. The molecule has 154 valence electrons. The minimum atomic E-state index is -1.12. The number of aryl methyl sites for hydroxylation is 1. The van der Waals surface area contributed by atoms with E-state index in [9.17, 15) is 19.5 Å². The van der Waals surface area contributed by atoms with Crippen molar-refractivity contribution < 1.29 is 24.2 Å². The first kappa shape index (κ1) is 21.9. The van der Waals surface area contributed by atoms with Gasteiger partial charge in [0.25, 0.3) is 0 Å². The fraction of sp³-hybridized carbons (Fsp3) is 0.591. The number of benzene rings is 1. The molecule has 1 fully saturated rings. The van der Waals surface area contributed by atoms with Crippen LogP contribution < -0.4 is 5.32 Å². The molecule has 0 spiro atoms. The van der Waals surface area contributed by atoms with Gasteiger partial charge in [0, 0.05) is 12.1 Å². The number of carbonyl (C=O) groups excluding carboxylic acids is 2.